The van der Waals surface area contributed by atoms with Crippen molar-refractivity contribution in [2.75, 3.05) is 13.2 Å². The summed E-state index contributed by atoms with van der Waals surface area (Å²) in [7, 11) is 0. The van der Waals surface area contributed by atoms with Crippen LogP contribution in [0, 0.1) is 0 Å². The molecule has 0 bridgehead atoms. The van der Waals surface area contributed by atoms with E-state index < -0.39 is 23.9 Å². The van der Waals surface area contributed by atoms with E-state index >= 15 is 0 Å². The number of amides is 1. The number of carbonyl (C=O) groups excluding carboxylic acids is 1. The molecule has 2 atom stereocenters. The van der Waals surface area contributed by atoms with E-state index in [1.165, 1.54) is 6.92 Å². The molecule has 0 saturated heterocycles. The van der Waals surface area contributed by atoms with Gasteiger partial charge in [0.2, 0.25) is 0 Å². The van der Waals surface area contributed by atoms with Gasteiger partial charge in [-0.1, -0.05) is 13.3 Å². The summed E-state index contributed by atoms with van der Waals surface area (Å²) >= 11 is 0. The second kappa shape index (κ2) is 8.29. The summed E-state index contributed by atoms with van der Waals surface area (Å²) in [5.74, 6) is 0. The molecule has 0 aromatic heterocycles. The molecule has 0 aliphatic carbocycles. The SMILES string of the molecule is CCCCOC[C@@H](NC(=O)OC(C)(C)C)[C@@H](C)F. The molecule has 5 heteroatoms. The van der Waals surface area contributed by atoms with Gasteiger partial charge in [-0.05, 0) is 34.1 Å². The highest BCUT2D eigenvalue weighted by Crippen LogP contribution is 2.08. The number of carbonyl (C=O) groups is 1. The van der Waals surface area contributed by atoms with Gasteiger partial charge in [-0.2, -0.15) is 0 Å². The molecule has 1 N–H and O–H groups in total. The van der Waals surface area contributed by atoms with Crippen molar-refractivity contribution in [3.63, 3.8) is 0 Å². The normalized spacial score (nSPS) is 15.0. The lowest BCUT2D eigenvalue weighted by atomic mass is 10.2. The molecule has 0 fully saturated rings. The maximum atomic E-state index is 13.3. The van der Waals surface area contributed by atoms with Crippen LogP contribution in [-0.4, -0.2) is 37.1 Å². The number of hydrogen-bond acceptors (Lipinski definition) is 3. The van der Waals surface area contributed by atoms with Crippen LogP contribution >= 0.6 is 0 Å². The summed E-state index contributed by atoms with van der Waals surface area (Å²) in [4.78, 5) is 11.5. The number of halogens is 1. The first-order valence-corrected chi connectivity index (χ1v) is 6.47. The van der Waals surface area contributed by atoms with Crippen molar-refractivity contribution in [1.82, 2.24) is 5.32 Å². The second-order valence-corrected chi connectivity index (χ2v) is 5.36. The van der Waals surface area contributed by atoms with Crippen molar-refractivity contribution in [1.29, 1.82) is 0 Å². The summed E-state index contributed by atoms with van der Waals surface area (Å²) in [5.41, 5.74) is -0.586. The fraction of sp³-hybridized carbons (Fsp3) is 0.923. The highest BCUT2D eigenvalue weighted by molar-refractivity contribution is 5.68. The third-order valence-corrected chi connectivity index (χ3v) is 2.20. The van der Waals surface area contributed by atoms with Crippen molar-refractivity contribution in [3.8, 4) is 0 Å². The third-order valence-electron chi connectivity index (χ3n) is 2.20. The van der Waals surface area contributed by atoms with E-state index in [2.05, 4.69) is 12.2 Å². The van der Waals surface area contributed by atoms with E-state index in [1.54, 1.807) is 20.8 Å². The van der Waals surface area contributed by atoms with Gasteiger partial charge in [0, 0.05) is 6.61 Å². The van der Waals surface area contributed by atoms with Crippen LogP contribution in [0.2, 0.25) is 0 Å². The fourth-order valence-corrected chi connectivity index (χ4v) is 1.20. The topological polar surface area (TPSA) is 47.6 Å². The molecule has 4 nitrogen and oxygen atoms in total. The number of alkyl halides is 1. The van der Waals surface area contributed by atoms with Gasteiger partial charge in [0.25, 0.3) is 0 Å². The Morgan fingerprint density at radius 1 is 1.39 bits per heavy atom. The van der Waals surface area contributed by atoms with E-state index in [4.69, 9.17) is 9.47 Å². The Morgan fingerprint density at radius 3 is 2.44 bits per heavy atom. The first kappa shape index (κ1) is 17.2. The molecule has 1 amide bonds. The summed E-state index contributed by atoms with van der Waals surface area (Å²) in [5, 5.41) is 2.49. The molecule has 0 saturated carbocycles. The van der Waals surface area contributed by atoms with Gasteiger partial charge >= 0.3 is 6.09 Å². The molecule has 0 aliphatic heterocycles. The molecule has 0 aromatic rings. The van der Waals surface area contributed by atoms with Gasteiger partial charge in [-0.25, -0.2) is 9.18 Å². The molecule has 0 aliphatic rings. The minimum Gasteiger partial charge on any atom is -0.444 e. The maximum absolute atomic E-state index is 13.3. The van der Waals surface area contributed by atoms with Gasteiger partial charge in [0.15, 0.2) is 0 Å². The Hall–Kier alpha value is -0.840. The number of hydrogen-bond donors (Lipinski definition) is 1. The maximum Gasteiger partial charge on any atom is 0.408 e. The van der Waals surface area contributed by atoms with Gasteiger partial charge in [-0.3, -0.25) is 0 Å². The molecule has 0 radical (unpaired) electrons. The van der Waals surface area contributed by atoms with Crippen LogP contribution in [0.4, 0.5) is 9.18 Å². The zero-order chi connectivity index (χ0) is 14.2. The van der Waals surface area contributed by atoms with Crippen molar-refractivity contribution in [3.05, 3.63) is 0 Å². The largest absolute Gasteiger partial charge is 0.444 e. The highest BCUT2D eigenvalue weighted by atomic mass is 19.1. The standard InChI is InChI=1S/C13H26FNO3/c1-6-7-8-17-9-11(10(2)14)15-12(16)18-13(3,4)5/h10-11H,6-9H2,1-5H3,(H,15,16)/t10-,11-/m1/s1. The van der Waals surface area contributed by atoms with Crippen molar-refractivity contribution in [2.45, 2.75) is 65.3 Å². The Balaban J connectivity index is 4.07. The predicted octanol–water partition coefficient (Wildman–Crippen LogP) is 3.05. The van der Waals surface area contributed by atoms with E-state index in [1.807, 2.05) is 0 Å². The Morgan fingerprint density at radius 2 is 2.00 bits per heavy atom. The summed E-state index contributed by atoms with van der Waals surface area (Å²) in [6.45, 7) is 9.48. The van der Waals surface area contributed by atoms with Crippen molar-refractivity contribution < 1.29 is 18.7 Å². The predicted molar refractivity (Wildman–Crippen MR) is 69.5 cm³/mol. The lowest BCUT2D eigenvalue weighted by Crippen LogP contribution is -2.45. The van der Waals surface area contributed by atoms with Gasteiger partial charge in [-0.15, -0.1) is 0 Å². The highest BCUT2D eigenvalue weighted by Gasteiger charge is 2.23. The molecule has 18 heavy (non-hydrogen) atoms. The zero-order valence-electron chi connectivity index (χ0n) is 12.1. The number of rotatable bonds is 7. The number of ether oxygens (including phenoxy) is 2. The molecule has 0 aromatic carbocycles. The second-order valence-electron chi connectivity index (χ2n) is 5.36. The van der Waals surface area contributed by atoms with Gasteiger partial charge in [0.05, 0.1) is 12.6 Å². The number of nitrogens with one attached hydrogen (secondary N) is 1. The average Bonchev–Trinajstić information content (AvgIpc) is 2.19. The van der Waals surface area contributed by atoms with Crippen LogP contribution in [0.15, 0.2) is 0 Å². The van der Waals surface area contributed by atoms with Crippen LogP contribution < -0.4 is 5.32 Å². The first-order chi connectivity index (χ1) is 8.26. The third kappa shape index (κ3) is 9.22. The van der Waals surface area contributed by atoms with Crippen LogP contribution in [0.1, 0.15) is 47.5 Å². The molecule has 0 heterocycles. The minimum atomic E-state index is -1.18. The Bertz CT molecular complexity index is 239. The molecular formula is C13H26FNO3. The summed E-state index contributed by atoms with van der Waals surface area (Å²) in [6.07, 6.45) is 0.157. The molecule has 0 spiro atoms. The Labute approximate surface area is 109 Å². The van der Waals surface area contributed by atoms with E-state index in [0.717, 1.165) is 12.8 Å². The quantitative estimate of drug-likeness (QED) is 0.718. The monoisotopic (exact) mass is 263 g/mol. The molecule has 0 rings (SSSR count). The van der Waals surface area contributed by atoms with Crippen molar-refractivity contribution >= 4 is 6.09 Å². The Kier molecular flexibility index (Phi) is 7.91. The van der Waals surface area contributed by atoms with Crippen LogP contribution in [-0.2, 0) is 9.47 Å². The number of unbranched alkanes of at least 4 members (excludes halogenated alkanes) is 1. The minimum absolute atomic E-state index is 0.164. The van der Waals surface area contributed by atoms with Crippen LogP contribution in [0.3, 0.4) is 0 Å². The summed E-state index contributed by atoms with van der Waals surface area (Å²) < 4.78 is 23.7. The lowest BCUT2D eigenvalue weighted by molar-refractivity contribution is 0.0369. The zero-order valence-corrected chi connectivity index (χ0v) is 12.1. The lowest BCUT2D eigenvalue weighted by Gasteiger charge is -2.24. The first-order valence-electron chi connectivity index (χ1n) is 6.47. The van der Waals surface area contributed by atoms with Gasteiger partial charge in [0.1, 0.15) is 11.8 Å². The fourth-order valence-electron chi connectivity index (χ4n) is 1.20. The van der Waals surface area contributed by atoms with Gasteiger partial charge < -0.3 is 14.8 Å². The molecular weight excluding hydrogens is 237 g/mol. The number of alkyl carbamates (subject to hydrolysis) is 1. The van der Waals surface area contributed by atoms with E-state index in [-0.39, 0.29) is 6.61 Å². The summed E-state index contributed by atoms with van der Waals surface area (Å²) in [6, 6.07) is -0.670. The average molecular weight is 263 g/mol. The van der Waals surface area contributed by atoms with Crippen LogP contribution in [0.5, 0.6) is 0 Å². The van der Waals surface area contributed by atoms with Crippen LogP contribution in [0.25, 0.3) is 0 Å². The van der Waals surface area contributed by atoms with E-state index in [0.29, 0.717) is 6.61 Å². The smallest absolute Gasteiger partial charge is 0.408 e. The molecule has 108 valence electrons. The van der Waals surface area contributed by atoms with Crippen molar-refractivity contribution in [2.24, 2.45) is 0 Å². The molecule has 0 unspecified atom stereocenters. The van der Waals surface area contributed by atoms with E-state index in [9.17, 15) is 9.18 Å².